The molecule has 1 heterocycles. The second kappa shape index (κ2) is 9.32. The Morgan fingerprint density at radius 2 is 1.79 bits per heavy atom. The lowest BCUT2D eigenvalue weighted by molar-refractivity contribution is -0.274. The van der Waals surface area contributed by atoms with Gasteiger partial charge in [-0.2, -0.15) is 0 Å². The molecule has 1 aliphatic carbocycles. The summed E-state index contributed by atoms with van der Waals surface area (Å²) in [5.74, 6) is -2.43. The van der Waals surface area contributed by atoms with Gasteiger partial charge in [0.15, 0.2) is 0 Å². The van der Waals surface area contributed by atoms with Gasteiger partial charge in [-0.25, -0.2) is 4.39 Å². The fourth-order valence-corrected chi connectivity index (χ4v) is 4.34. The highest BCUT2D eigenvalue weighted by atomic mass is 35.5. The third-order valence-electron chi connectivity index (χ3n) is 5.79. The molecule has 11 heteroatoms. The lowest BCUT2D eigenvalue weighted by atomic mass is 9.99. The number of benzene rings is 2. The predicted molar refractivity (Wildman–Crippen MR) is 114 cm³/mol. The molecule has 1 atom stereocenters. The summed E-state index contributed by atoms with van der Waals surface area (Å²) in [6, 6.07) is 5.23. The maximum Gasteiger partial charge on any atom is 0.573 e. The first-order valence-corrected chi connectivity index (χ1v) is 11.0. The van der Waals surface area contributed by atoms with Crippen molar-refractivity contribution in [1.82, 2.24) is 4.90 Å². The van der Waals surface area contributed by atoms with E-state index in [9.17, 15) is 22.8 Å². The molecule has 1 aliphatic heterocycles. The van der Waals surface area contributed by atoms with E-state index in [4.69, 9.17) is 22.1 Å². The first-order valence-electron chi connectivity index (χ1n) is 10.6. The molecule has 1 saturated carbocycles. The Bertz CT molecular complexity index is 1120. The van der Waals surface area contributed by atoms with Crippen LogP contribution in [0.3, 0.4) is 0 Å². The first-order chi connectivity index (χ1) is 16.0. The van der Waals surface area contributed by atoms with E-state index in [0.717, 1.165) is 25.0 Å². The molecule has 6 nitrogen and oxygen atoms in total. The maximum atomic E-state index is 15.0. The normalized spacial score (nSPS) is 18.1. The van der Waals surface area contributed by atoms with E-state index in [1.54, 1.807) is 0 Å². The van der Waals surface area contributed by atoms with E-state index in [1.807, 2.05) is 0 Å². The van der Waals surface area contributed by atoms with Gasteiger partial charge in [-0.3, -0.25) is 9.59 Å². The van der Waals surface area contributed by atoms with Crippen molar-refractivity contribution in [1.29, 1.82) is 0 Å². The highest BCUT2D eigenvalue weighted by molar-refractivity contribution is 6.30. The van der Waals surface area contributed by atoms with Crippen molar-refractivity contribution in [3.05, 3.63) is 57.9 Å². The minimum Gasteiger partial charge on any atom is -0.489 e. The fourth-order valence-electron chi connectivity index (χ4n) is 4.13. The molecule has 2 aromatic carbocycles. The van der Waals surface area contributed by atoms with Crippen molar-refractivity contribution < 1.29 is 36.6 Å². The van der Waals surface area contributed by atoms with Gasteiger partial charge in [-0.05, 0) is 67.0 Å². The quantitative estimate of drug-likeness (QED) is 0.547. The summed E-state index contributed by atoms with van der Waals surface area (Å²) in [4.78, 5) is 25.9. The van der Waals surface area contributed by atoms with Gasteiger partial charge in [0.2, 0.25) is 5.91 Å². The van der Waals surface area contributed by atoms with Crippen LogP contribution >= 0.6 is 11.6 Å². The van der Waals surface area contributed by atoms with Crippen LogP contribution in [0.2, 0.25) is 5.02 Å². The van der Waals surface area contributed by atoms with Crippen molar-refractivity contribution >= 4 is 23.4 Å². The highest BCUT2D eigenvalue weighted by Gasteiger charge is 2.36. The third kappa shape index (κ3) is 5.55. The van der Waals surface area contributed by atoms with Gasteiger partial charge in [0.05, 0.1) is 5.56 Å². The van der Waals surface area contributed by atoms with Crippen LogP contribution in [0.4, 0.5) is 17.6 Å². The van der Waals surface area contributed by atoms with Gasteiger partial charge in [0, 0.05) is 17.6 Å². The minimum atomic E-state index is -4.89. The first kappa shape index (κ1) is 24.1. The summed E-state index contributed by atoms with van der Waals surface area (Å²) in [6.45, 7) is 0.156. The van der Waals surface area contributed by atoms with Crippen LogP contribution in [0.25, 0.3) is 0 Å². The molecular weight excluding hydrogens is 480 g/mol. The van der Waals surface area contributed by atoms with Crippen LogP contribution in [-0.2, 0) is 11.4 Å². The van der Waals surface area contributed by atoms with Crippen molar-refractivity contribution in [3.63, 3.8) is 0 Å². The van der Waals surface area contributed by atoms with E-state index in [-0.39, 0.29) is 28.9 Å². The standard InChI is InChI=1S/C23H21ClF4N2O4/c24-14-7-15(9-16(8-14)34-23(26,27)28)33-11-13-6-19(25)18(10-17(13)12-3-4-12)22(32)30-5-1-2-20(30)21(29)31/h6-10,12,20H,1-5,11H2,(H2,29,31)/t20-/m0/s1. The Balaban J connectivity index is 1.56. The van der Waals surface area contributed by atoms with Crippen LogP contribution in [0.15, 0.2) is 30.3 Å². The van der Waals surface area contributed by atoms with Crippen LogP contribution in [0, 0.1) is 5.82 Å². The Kier molecular flexibility index (Phi) is 6.62. The summed E-state index contributed by atoms with van der Waals surface area (Å²) in [6.07, 6.45) is -2.16. The molecule has 34 heavy (non-hydrogen) atoms. The molecule has 2 aliphatic rings. The molecule has 2 fully saturated rings. The van der Waals surface area contributed by atoms with E-state index in [1.165, 1.54) is 23.1 Å². The summed E-state index contributed by atoms with van der Waals surface area (Å²) >= 11 is 5.87. The summed E-state index contributed by atoms with van der Waals surface area (Å²) in [5, 5.41) is -0.0269. The Morgan fingerprint density at radius 1 is 1.09 bits per heavy atom. The molecule has 0 aromatic heterocycles. The molecule has 0 bridgehead atoms. The van der Waals surface area contributed by atoms with Gasteiger partial charge in [-0.15, -0.1) is 13.2 Å². The molecule has 182 valence electrons. The number of likely N-dealkylation sites (tertiary alicyclic amines) is 1. The zero-order valence-corrected chi connectivity index (χ0v) is 18.6. The van der Waals surface area contributed by atoms with Crippen molar-refractivity contribution in [2.24, 2.45) is 5.73 Å². The number of primary amides is 1. The van der Waals surface area contributed by atoms with Crippen LogP contribution in [0.5, 0.6) is 11.5 Å². The van der Waals surface area contributed by atoms with E-state index in [2.05, 4.69) is 4.74 Å². The number of hydrogen-bond acceptors (Lipinski definition) is 4. The third-order valence-corrected chi connectivity index (χ3v) is 6.01. The Labute approximate surface area is 197 Å². The molecule has 2 aromatic rings. The monoisotopic (exact) mass is 500 g/mol. The van der Waals surface area contributed by atoms with Crippen LogP contribution < -0.4 is 15.2 Å². The van der Waals surface area contributed by atoms with Gasteiger partial charge >= 0.3 is 6.36 Å². The Morgan fingerprint density at radius 3 is 2.44 bits per heavy atom. The molecular formula is C23H21ClF4N2O4. The number of halogens is 5. The number of nitrogens with two attached hydrogens (primary N) is 1. The molecule has 0 unspecified atom stereocenters. The fraction of sp³-hybridized carbons (Fsp3) is 0.391. The number of carbonyl (C=O) groups excluding carboxylic acids is 2. The second-order valence-corrected chi connectivity index (χ2v) is 8.76. The zero-order chi connectivity index (χ0) is 24.6. The van der Waals surface area contributed by atoms with Gasteiger partial charge in [0.1, 0.15) is 30.0 Å². The molecule has 2 N–H and O–H groups in total. The molecule has 2 amide bonds. The lowest BCUT2D eigenvalue weighted by Gasteiger charge is -2.23. The van der Waals surface area contributed by atoms with E-state index in [0.29, 0.717) is 30.5 Å². The maximum absolute atomic E-state index is 15.0. The number of carbonyl (C=O) groups is 2. The zero-order valence-electron chi connectivity index (χ0n) is 17.8. The number of nitrogens with zero attached hydrogens (tertiary/aromatic N) is 1. The van der Waals surface area contributed by atoms with Crippen molar-refractivity contribution in [3.8, 4) is 11.5 Å². The summed E-state index contributed by atoms with van der Waals surface area (Å²) < 4.78 is 62.1. The summed E-state index contributed by atoms with van der Waals surface area (Å²) in [7, 11) is 0. The largest absolute Gasteiger partial charge is 0.573 e. The van der Waals surface area contributed by atoms with Crippen LogP contribution in [-0.4, -0.2) is 35.7 Å². The number of alkyl halides is 3. The topological polar surface area (TPSA) is 81.9 Å². The number of ether oxygens (including phenoxy) is 2. The Hall–Kier alpha value is -3.01. The van der Waals surface area contributed by atoms with Gasteiger partial charge < -0.3 is 20.1 Å². The predicted octanol–water partition coefficient (Wildman–Crippen LogP) is 4.92. The summed E-state index contributed by atoms with van der Waals surface area (Å²) in [5.41, 5.74) is 6.41. The SMILES string of the molecule is NC(=O)[C@@H]1CCCN1C(=O)c1cc(C2CC2)c(COc2cc(Cl)cc(OC(F)(F)F)c2)cc1F. The van der Waals surface area contributed by atoms with E-state index >= 15 is 4.39 Å². The second-order valence-electron chi connectivity index (χ2n) is 8.32. The smallest absolute Gasteiger partial charge is 0.489 e. The lowest BCUT2D eigenvalue weighted by Crippen LogP contribution is -2.44. The molecule has 0 spiro atoms. The van der Waals surface area contributed by atoms with E-state index < -0.39 is 35.8 Å². The number of hydrogen-bond donors (Lipinski definition) is 1. The van der Waals surface area contributed by atoms with Gasteiger partial charge in [0.25, 0.3) is 5.91 Å². The van der Waals surface area contributed by atoms with Crippen LogP contribution in [0.1, 0.15) is 53.1 Å². The number of amides is 2. The molecule has 4 rings (SSSR count). The highest BCUT2D eigenvalue weighted by Crippen LogP contribution is 2.43. The number of rotatable bonds is 7. The van der Waals surface area contributed by atoms with Crippen molar-refractivity contribution in [2.75, 3.05) is 6.54 Å². The van der Waals surface area contributed by atoms with Crippen molar-refractivity contribution in [2.45, 2.75) is 50.6 Å². The van der Waals surface area contributed by atoms with Gasteiger partial charge in [-0.1, -0.05) is 11.6 Å². The average Bonchev–Trinajstić information content (AvgIpc) is 3.45. The minimum absolute atomic E-state index is 0.00965. The molecule has 0 radical (unpaired) electrons. The molecule has 1 saturated heterocycles. The average molecular weight is 501 g/mol.